The summed E-state index contributed by atoms with van der Waals surface area (Å²) in [5.41, 5.74) is 0.525. The highest BCUT2D eigenvalue weighted by molar-refractivity contribution is 6.04. The lowest BCUT2D eigenvalue weighted by Crippen LogP contribution is -2.34. The van der Waals surface area contributed by atoms with E-state index in [1.165, 1.54) is 0 Å². The van der Waals surface area contributed by atoms with Crippen LogP contribution in [-0.4, -0.2) is 40.5 Å². The van der Waals surface area contributed by atoms with Crippen LogP contribution in [0.3, 0.4) is 0 Å². The number of likely N-dealkylation sites (tertiary alicyclic amines) is 1. The molecule has 0 saturated carbocycles. The number of ether oxygens (including phenoxy) is 2. The van der Waals surface area contributed by atoms with Crippen molar-refractivity contribution in [1.29, 1.82) is 0 Å². The van der Waals surface area contributed by atoms with Gasteiger partial charge in [-0.15, -0.1) is 0 Å². The van der Waals surface area contributed by atoms with Gasteiger partial charge in [-0.2, -0.15) is 5.10 Å². The van der Waals surface area contributed by atoms with Crippen LogP contribution in [0.25, 0.3) is 0 Å². The third-order valence-corrected chi connectivity index (χ3v) is 5.89. The number of aryl methyl sites for hydroxylation is 1. The van der Waals surface area contributed by atoms with Gasteiger partial charge < -0.3 is 19.2 Å². The molecule has 8 heteroatoms. The molecule has 2 aliphatic rings. The van der Waals surface area contributed by atoms with E-state index in [1.807, 2.05) is 10.7 Å². The van der Waals surface area contributed by atoms with Crippen LogP contribution in [0.2, 0.25) is 0 Å². The van der Waals surface area contributed by atoms with Crippen molar-refractivity contribution in [2.24, 2.45) is 0 Å². The molecule has 0 unspecified atom stereocenters. The second kappa shape index (κ2) is 8.47. The van der Waals surface area contributed by atoms with E-state index >= 15 is 0 Å². The van der Waals surface area contributed by atoms with Crippen LogP contribution in [0.15, 0.2) is 47.0 Å². The summed E-state index contributed by atoms with van der Waals surface area (Å²) >= 11 is 0. The number of amides is 1. The molecule has 0 aliphatic carbocycles. The first-order chi connectivity index (χ1) is 15.2. The first kappa shape index (κ1) is 19.7. The van der Waals surface area contributed by atoms with Gasteiger partial charge in [-0.05, 0) is 43.2 Å². The average Bonchev–Trinajstić information content (AvgIpc) is 3.54. The normalized spacial score (nSPS) is 16.5. The molecular formula is C23H26N4O4. The van der Waals surface area contributed by atoms with Crippen molar-refractivity contribution in [3.63, 3.8) is 0 Å². The number of carbonyl (C=O) groups excluding carboxylic acids is 1. The standard InChI is InChI=1S/C23H26N4O4/c1-2-18-4-5-19(31-18)14-26-11-8-17(9-12-26)27-22(7-10-24-27)25-23(28)16-3-6-20-21(13-16)30-15-29-20/h3-7,10,13,17H,2,8-9,11-12,14-15H2,1H3,(H,25,28). The Balaban J connectivity index is 1.20. The third-order valence-electron chi connectivity index (χ3n) is 5.89. The molecule has 1 amide bonds. The molecule has 1 fully saturated rings. The van der Waals surface area contributed by atoms with Crippen molar-refractivity contribution in [3.8, 4) is 11.5 Å². The molecule has 5 rings (SSSR count). The van der Waals surface area contributed by atoms with E-state index < -0.39 is 0 Å². The van der Waals surface area contributed by atoms with E-state index in [2.05, 4.69) is 34.4 Å². The summed E-state index contributed by atoms with van der Waals surface area (Å²) in [5.74, 6) is 3.82. The van der Waals surface area contributed by atoms with Crippen molar-refractivity contribution in [1.82, 2.24) is 14.7 Å². The lowest BCUT2D eigenvalue weighted by atomic mass is 10.1. The van der Waals surface area contributed by atoms with Gasteiger partial charge in [-0.1, -0.05) is 6.92 Å². The molecule has 2 aromatic heterocycles. The van der Waals surface area contributed by atoms with Gasteiger partial charge >= 0.3 is 0 Å². The van der Waals surface area contributed by atoms with Crippen molar-refractivity contribution in [3.05, 3.63) is 59.7 Å². The first-order valence-corrected chi connectivity index (χ1v) is 10.7. The van der Waals surface area contributed by atoms with E-state index in [4.69, 9.17) is 13.9 Å². The van der Waals surface area contributed by atoms with Crippen molar-refractivity contribution in [2.45, 2.75) is 38.8 Å². The number of hydrogen-bond donors (Lipinski definition) is 1. The quantitative estimate of drug-likeness (QED) is 0.650. The molecule has 1 aromatic carbocycles. The van der Waals surface area contributed by atoms with Crippen LogP contribution in [0.1, 0.15) is 47.7 Å². The zero-order valence-corrected chi connectivity index (χ0v) is 17.5. The maximum atomic E-state index is 12.8. The number of fused-ring (bicyclic) bond motifs is 1. The molecule has 0 atom stereocenters. The number of aromatic nitrogens is 2. The summed E-state index contributed by atoms with van der Waals surface area (Å²) in [6.45, 7) is 5.04. The Morgan fingerprint density at radius 2 is 1.90 bits per heavy atom. The minimum atomic E-state index is -0.193. The molecular weight excluding hydrogens is 396 g/mol. The fraction of sp³-hybridized carbons (Fsp3) is 0.391. The highest BCUT2D eigenvalue weighted by Gasteiger charge is 2.24. The largest absolute Gasteiger partial charge is 0.465 e. The molecule has 4 heterocycles. The summed E-state index contributed by atoms with van der Waals surface area (Å²) in [5, 5.41) is 7.48. The van der Waals surface area contributed by atoms with Crippen LogP contribution in [-0.2, 0) is 13.0 Å². The molecule has 8 nitrogen and oxygen atoms in total. The Labute approximate surface area is 180 Å². The Morgan fingerprint density at radius 3 is 2.71 bits per heavy atom. The molecule has 3 aromatic rings. The fourth-order valence-electron chi connectivity index (χ4n) is 4.17. The number of furan rings is 1. The van der Waals surface area contributed by atoms with E-state index in [1.54, 1.807) is 24.4 Å². The van der Waals surface area contributed by atoms with Gasteiger partial charge in [-0.3, -0.25) is 9.69 Å². The molecule has 1 saturated heterocycles. The average molecular weight is 422 g/mol. The van der Waals surface area contributed by atoms with Crippen LogP contribution in [0.4, 0.5) is 5.82 Å². The number of carbonyl (C=O) groups is 1. The smallest absolute Gasteiger partial charge is 0.256 e. The molecule has 0 bridgehead atoms. The van der Waals surface area contributed by atoms with E-state index in [0.29, 0.717) is 22.9 Å². The Kier molecular flexibility index (Phi) is 5.38. The number of anilines is 1. The molecule has 31 heavy (non-hydrogen) atoms. The zero-order chi connectivity index (χ0) is 21.2. The van der Waals surface area contributed by atoms with Gasteiger partial charge in [0.2, 0.25) is 6.79 Å². The Morgan fingerprint density at radius 1 is 1.10 bits per heavy atom. The Hall–Kier alpha value is -3.26. The molecule has 0 spiro atoms. The maximum absolute atomic E-state index is 12.8. The Bertz CT molecular complexity index is 1070. The number of nitrogens with zero attached hydrogens (tertiary/aromatic N) is 3. The number of hydrogen-bond acceptors (Lipinski definition) is 6. The van der Waals surface area contributed by atoms with Crippen molar-refractivity contribution < 1.29 is 18.7 Å². The lowest BCUT2D eigenvalue weighted by molar-refractivity contribution is 0.102. The van der Waals surface area contributed by atoms with Gasteiger partial charge in [-0.25, -0.2) is 4.68 Å². The van der Waals surface area contributed by atoms with E-state index in [9.17, 15) is 4.79 Å². The SMILES string of the molecule is CCc1ccc(CN2CCC(n3nccc3NC(=O)c3ccc4c(c3)OCO4)CC2)o1. The van der Waals surface area contributed by atoms with Gasteiger partial charge in [0.1, 0.15) is 17.3 Å². The number of rotatable bonds is 6. The summed E-state index contributed by atoms with van der Waals surface area (Å²) < 4.78 is 18.5. The molecule has 162 valence electrons. The predicted molar refractivity (Wildman–Crippen MR) is 114 cm³/mol. The van der Waals surface area contributed by atoms with Crippen LogP contribution >= 0.6 is 0 Å². The highest BCUT2D eigenvalue weighted by Crippen LogP contribution is 2.33. The van der Waals surface area contributed by atoms with Gasteiger partial charge in [0.25, 0.3) is 5.91 Å². The number of nitrogens with one attached hydrogen (secondary N) is 1. The van der Waals surface area contributed by atoms with Crippen molar-refractivity contribution in [2.75, 3.05) is 25.2 Å². The third kappa shape index (κ3) is 4.16. The number of benzene rings is 1. The van der Waals surface area contributed by atoms with E-state index in [0.717, 1.165) is 50.4 Å². The van der Waals surface area contributed by atoms with Crippen LogP contribution in [0, 0.1) is 0 Å². The minimum absolute atomic E-state index is 0.186. The summed E-state index contributed by atoms with van der Waals surface area (Å²) in [7, 11) is 0. The lowest BCUT2D eigenvalue weighted by Gasteiger charge is -2.32. The minimum Gasteiger partial charge on any atom is -0.465 e. The topological polar surface area (TPSA) is 81.8 Å². The van der Waals surface area contributed by atoms with Gasteiger partial charge in [0.15, 0.2) is 11.5 Å². The summed E-state index contributed by atoms with van der Waals surface area (Å²) in [4.78, 5) is 15.2. The highest BCUT2D eigenvalue weighted by atomic mass is 16.7. The van der Waals surface area contributed by atoms with Crippen LogP contribution < -0.4 is 14.8 Å². The summed E-state index contributed by atoms with van der Waals surface area (Å²) in [6.07, 6.45) is 4.59. The second-order valence-electron chi connectivity index (χ2n) is 7.91. The fourth-order valence-corrected chi connectivity index (χ4v) is 4.17. The first-order valence-electron chi connectivity index (χ1n) is 10.7. The monoisotopic (exact) mass is 422 g/mol. The molecule has 2 aliphatic heterocycles. The molecule has 0 radical (unpaired) electrons. The van der Waals surface area contributed by atoms with Crippen molar-refractivity contribution >= 4 is 11.7 Å². The maximum Gasteiger partial charge on any atom is 0.256 e. The van der Waals surface area contributed by atoms with Gasteiger partial charge in [0.05, 0.1) is 18.8 Å². The summed E-state index contributed by atoms with van der Waals surface area (Å²) in [6, 6.07) is 11.4. The van der Waals surface area contributed by atoms with Gasteiger partial charge in [0, 0.05) is 31.1 Å². The second-order valence-corrected chi connectivity index (χ2v) is 7.91. The molecule has 1 N–H and O–H groups in total. The predicted octanol–water partition coefficient (Wildman–Crippen LogP) is 3.86. The van der Waals surface area contributed by atoms with Crippen LogP contribution in [0.5, 0.6) is 11.5 Å². The number of piperidine rings is 1. The van der Waals surface area contributed by atoms with E-state index in [-0.39, 0.29) is 18.7 Å². The zero-order valence-electron chi connectivity index (χ0n) is 17.5.